The molecule has 1 radical (unpaired) electrons. The van der Waals surface area contributed by atoms with E-state index in [1.54, 1.807) is 0 Å². The average molecular weight is 304 g/mol. The second-order valence-corrected chi connectivity index (χ2v) is 0. The van der Waals surface area contributed by atoms with Crippen LogP contribution in [-0.4, -0.2) is 77.2 Å². The van der Waals surface area contributed by atoms with Crippen LogP contribution < -0.4 is 0 Å². The molecule has 29 valence electrons. The van der Waals surface area contributed by atoms with Crippen LogP contribution in [0.15, 0.2) is 0 Å². The maximum absolute atomic E-state index is 0. The van der Waals surface area contributed by atoms with Gasteiger partial charge in [0.25, 0.3) is 0 Å². The van der Waals surface area contributed by atoms with E-state index in [9.17, 15) is 0 Å². The minimum absolute atomic E-state index is 0. The molecule has 0 atom stereocenters. The van der Waals surface area contributed by atoms with Crippen LogP contribution >= 0.6 is 0 Å². The Balaban J connectivity index is 0. The Labute approximate surface area is 116 Å². The molecule has 0 aromatic carbocycles. The summed E-state index contributed by atoms with van der Waals surface area (Å²) in [6.45, 7) is 0. The predicted molar refractivity (Wildman–Crippen MR) is 29.3 cm³/mol. The largest absolute Gasteiger partial charge is 2.00 e. The molecular weight excluding hydrogens is 295 g/mol. The van der Waals surface area contributed by atoms with E-state index in [0.29, 0.717) is 0 Å². The van der Waals surface area contributed by atoms with E-state index in [0.717, 1.165) is 0 Å². The van der Waals surface area contributed by atoms with Crippen molar-refractivity contribution in [3.8, 4) is 0 Å². The van der Waals surface area contributed by atoms with Crippen LogP contribution in [-0.2, 0) is 38.8 Å². The van der Waals surface area contributed by atoms with Gasteiger partial charge in [-0.25, -0.2) is 0 Å². The Morgan fingerprint density at radius 3 is 1.20 bits per heavy atom. The molecule has 0 aliphatic heterocycles. The number of hydrogen-bond acceptors (Lipinski definition) is 0. The van der Waals surface area contributed by atoms with Crippen LogP contribution in [0.2, 0.25) is 0 Å². The van der Waals surface area contributed by atoms with E-state index in [1.807, 2.05) is 0 Å². The molecule has 0 aromatic rings. The van der Waals surface area contributed by atoms with Gasteiger partial charge in [0.2, 0.25) is 0 Å². The zero-order valence-electron chi connectivity index (χ0n) is 3.59. The van der Waals surface area contributed by atoms with Crippen LogP contribution in [0.1, 0.15) is 2.85 Å². The predicted octanol–water partition coefficient (Wildman–Crippen LogP) is -2.80. The quantitative estimate of drug-likeness (QED) is 0.424. The fourth-order valence-electron chi connectivity index (χ4n) is 0. The molecule has 0 unspecified atom stereocenters. The number of rotatable bonds is 0. The molecule has 0 spiro atoms. The summed E-state index contributed by atoms with van der Waals surface area (Å²) in [5.74, 6) is 0. The van der Waals surface area contributed by atoms with Crippen molar-refractivity contribution in [2.45, 2.75) is 0 Å². The standard InChI is InChI=1S/Al.Ba.Mn.H4Si.Ti.5H/h;;;1H4;;;;;;/q;+2;;;;;;;2*-1. The van der Waals surface area contributed by atoms with E-state index in [2.05, 4.69) is 0 Å². The first-order valence-corrected chi connectivity index (χ1v) is 0. The number of hydrogen-bond donors (Lipinski definition) is 0. The minimum atomic E-state index is 0. The van der Waals surface area contributed by atoms with Gasteiger partial charge < -0.3 is 2.85 Å². The molecule has 0 rings (SSSR count). The van der Waals surface area contributed by atoms with Gasteiger partial charge in [-0.3, -0.25) is 0 Å². The Kier molecular flexibility index (Phi) is 199. The summed E-state index contributed by atoms with van der Waals surface area (Å²) < 4.78 is 0. The normalized spacial score (nSPS) is 0. The maximum atomic E-state index is 0. The van der Waals surface area contributed by atoms with E-state index >= 15 is 0 Å². The molecule has 0 aliphatic carbocycles. The van der Waals surface area contributed by atoms with Crippen LogP contribution in [0.5, 0.6) is 0 Å². The Morgan fingerprint density at radius 2 is 1.20 bits per heavy atom. The van der Waals surface area contributed by atoms with Crippen molar-refractivity contribution in [3.05, 3.63) is 0 Å². The van der Waals surface area contributed by atoms with E-state index in [-0.39, 0.29) is 119 Å². The van der Waals surface area contributed by atoms with Crippen molar-refractivity contribution < 1.29 is 41.6 Å². The van der Waals surface area contributed by atoms with Gasteiger partial charge in [0, 0.05) is 38.8 Å². The summed E-state index contributed by atoms with van der Waals surface area (Å²) in [7, 11) is 0. The average Bonchev–Trinajstić information content (AvgIpc) is 0. The van der Waals surface area contributed by atoms with Crippen molar-refractivity contribution in [2.24, 2.45) is 0 Å². The third kappa shape index (κ3) is 18.4. The summed E-state index contributed by atoms with van der Waals surface area (Å²) in [5.41, 5.74) is 0. The second kappa shape index (κ2) is 25.7. The van der Waals surface area contributed by atoms with Gasteiger partial charge in [-0.05, 0) is 11.0 Å². The molecule has 0 fully saturated rings. The molecule has 0 N–H and O–H groups in total. The Bertz CT molecular complexity index is 17.7. The zero-order chi connectivity index (χ0) is 0. The van der Waals surface area contributed by atoms with Crippen molar-refractivity contribution in [1.29, 1.82) is 0 Å². The molecule has 0 saturated heterocycles. The first-order valence-electron chi connectivity index (χ1n) is 0. The first kappa shape index (κ1) is 38.6. The molecule has 0 saturated carbocycles. The maximum Gasteiger partial charge on any atom is 2.00 e. The second-order valence-electron chi connectivity index (χ2n) is 0. The van der Waals surface area contributed by atoms with Gasteiger partial charge in [-0.1, -0.05) is 0 Å². The van der Waals surface area contributed by atoms with Crippen LogP contribution in [0.3, 0.4) is 0 Å². The van der Waals surface area contributed by atoms with Gasteiger partial charge in [0.15, 0.2) is 17.4 Å². The smallest absolute Gasteiger partial charge is 1.00 e. The molecule has 0 nitrogen and oxygen atoms in total. The third-order valence-electron chi connectivity index (χ3n) is 0. The summed E-state index contributed by atoms with van der Waals surface area (Å²) >= 11 is 0. The fraction of sp³-hybridized carbons (Fsp3) is 0. The zero-order valence-corrected chi connectivity index (χ0v) is 8.77. The van der Waals surface area contributed by atoms with Crippen molar-refractivity contribution in [2.75, 3.05) is 0 Å². The summed E-state index contributed by atoms with van der Waals surface area (Å²) in [6, 6.07) is 0. The van der Waals surface area contributed by atoms with Crippen molar-refractivity contribution >= 4 is 77.2 Å². The van der Waals surface area contributed by atoms with Crippen molar-refractivity contribution in [3.63, 3.8) is 0 Å². The van der Waals surface area contributed by atoms with E-state index in [1.165, 1.54) is 0 Å². The topological polar surface area (TPSA) is 0 Å². The molecule has 0 aliphatic rings. The molecule has 0 bridgehead atoms. The van der Waals surface area contributed by atoms with Crippen LogP contribution in [0.4, 0.5) is 0 Å². The molecule has 0 heterocycles. The molecule has 5 heteroatoms. The third-order valence-corrected chi connectivity index (χ3v) is 0. The van der Waals surface area contributed by atoms with Gasteiger partial charge in [-0.2, -0.15) is 0 Å². The van der Waals surface area contributed by atoms with Gasteiger partial charge in [-0.15, -0.1) is 0 Å². The fourth-order valence-corrected chi connectivity index (χ4v) is 0. The molecule has 0 aromatic heterocycles. The SMILES string of the molecule is [AlH3].[Ba+2].[H-].[H-].[Mn].[SiH4].[Ti]. The summed E-state index contributed by atoms with van der Waals surface area (Å²) in [6.07, 6.45) is 0. The van der Waals surface area contributed by atoms with E-state index in [4.69, 9.17) is 0 Å². The Hall–Kier alpha value is 3.55. The van der Waals surface area contributed by atoms with Gasteiger partial charge in [0.1, 0.15) is 0 Å². The van der Waals surface area contributed by atoms with Gasteiger partial charge >= 0.3 is 48.9 Å². The van der Waals surface area contributed by atoms with Crippen LogP contribution in [0.25, 0.3) is 0 Å². The Morgan fingerprint density at radius 1 is 1.20 bits per heavy atom. The molecule has 0 amide bonds. The minimum Gasteiger partial charge on any atom is -1.00 e. The van der Waals surface area contributed by atoms with Crippen LogP contribution in [0, 0.1) is 0 Å². The molecular formula is H9AlBaMnSiTi. The summed E-state index contributed by atoms with van der Waals surface area (Å²) in [4.78, 5) is 0. The van der Waals surface area contributed by atoms with Crippen molar-refractivity contribution in [1.82, 2.24) is 0 Å². The van der Waals surface area contributed by atoms with Gasteiger partial charge in [0.05, 0.1) is 0 Å². The first-order chi connectivity index (χ1) is 0. The molecule has 5 heavy (non-hydrogen) atoms. The monoisotopic (exact) mass is 305 g/mol. The van der Waals surface area contributed by atoms with E-state index < -0.39 is 0 Å². The summed E-state index contributed by atoms with van der Waals surface area (Å²) in [5, 5.41) is 0.